The molecule has 1 aromatic carbocycles. The van der Waals surface area contributed by atoms with Crippen LogP contribution in [-0.4, -0.2) is 18.9 Å². The molecule has 0 spiro atoms. The lowest BCUT2D eigenvalue weighted by Crippen LogP contribution is -2.35. The first-order valence-electron chi connectivity index (χ1n) is 5.71. The third kappa shape index (κ3) is 3.28. The van der Waals surface area contributed by atoms with Crippen molar-refractivity contribution in [3.63, 3.8) is 0 Å². The zero-order valence-electron chi connectivity index (χ0n) is 10.1. The topological polar surface area (TPSA) is 72.2 Å². The Morgan fingerprint density at radius 3 is 2.61 bits per heavy atom. The first-order chi connectivity index (χ1) is 8.31. The molecule has 0 aliphatic heterocycles. The van der Waals surface area contributed by atoms with Crippen LogP contribution in [0.4, 0.5) is 0 Å². The second-order valence-electron chi connectivity index (χ2n) is 4.94. The maximum atomic E-state index is 12.0. The molecule has 1 fully saturated rings. The number of hydrogen-bond donors (Lipinski definition) is 2. The maximum absolute atomic E-state index is 12.0. The minimum absolute atomic E-state index is 0.0872. The molecule has 1 aliphatic rings. The molecule has 0 bridgehead atoms. The fourth-order valence-corrected chi connectivity index (χ4v) is 3.68. The van der Waals surface area contributed by atoms with Crippen LogP contribution in [0.5, 0.6) is 0 Å². The molecule has 2 rings (SSSR count). The van der Waals surface area contributed by atoms with Crippen LogP contribution >= 0.6 is 12.2 Å². The largest absolute Gasteiger partial charge is 0.389 e. The first kappa shape index (κ1) is 13.5. The molecule has 4 nitrogen and oxygen atoms in total. The van der Waals surface area contributed by atoms with E-state index in [1.165, 1.54) is 0 Å². The molecule has 6 heteroatoms. The van der Waals surface area contributed by atoms with Crippen molar-refractivity contribution in [1.29, 1.82) is 0 Å². The quantitative estimate of drug-likeness (QED) is 0.799. The SMILES string of the molecule is CC1(NS(=O)(=O)Cc2ccccc2C(N)=S)CC1. The molecule has 0 amide bonds. The molecule has 0 aromatic heterocycles. The van der Waals surface area contributed by atoms with Gasteiger partial charge in [0.05, 0.1) is 5.75 Å². The smallest absolute Gasteiger partial charge is 0.216 e. The van der Waals surface area contributed by atoms with Crippen molar-refractivity contribution in [3.05, 3.63) is 35.4 Å². The van der Waals surface area contributed by atoms with Crippen LogP contribution < -0.4 is 10.5 Å². The molecule has 0 atom stereocenters. The second-order valence-corrected chi connectivity index (χ2v) is 7.11. The summed E-state index contributed by atoms with van der Waals surface area (Å²) in [4.78, 5) is 0.221. The van der Waals surface area contributed by atoms with Gasteiger partial charge in [-0.3, -0.25) is 0 Å². The average Bonchev–Trinajstić information content (AvgIpc) is 2.94. The van der Waals surface area contributed by atoms with Gasteiger partial charge in [-0.15, -0.1) is 0 Å². The summed E-state index contributed by atoms with van der Waals surface area (Å²) in [5, 5.41) is 0. The molecule has 18 heavy (non-hydrogen) atoms. The van der Waals surface area contributed by atoms with Gasteiger partial charge in [0.2, 0.25) is 10.0 Å². The number of thiocarbonyl (C=S) groups is 1. The van der Waals surface area contributed by atoms with Crippen molar-refractivity contribution in [2.45, 2.75) is 31.1 Å². The Kier molecular flexibility index (Phi) is 3.44. The Morgan fingerprint density at radius 1 is 1.44 bits per heavy atom. The summed E-state index contributed by atoms with van der Waals surface area (Å²) in [7, 11) is -3.35. The van der Waals surface area contributed by atoms with Crippen LogP contribution in [-0.2, 0) is 15.8 Å². The zero-order valence-corrected chi connectivity index (χ0v) is 11.8. The Morgan fingerprint density at radius 2 is 2.06 bits per heavy atom. The Balaban J connectivity index is 2.21. The van der Waals surface area contributed by atoms with Gasteiger partial charge in [-0.1, -0.05) is 36.5 Å². The Hall–Kier alpha value is -0.980. The highest BCUT2D eigenvalue weighted by molar-refractivity contribution is 7.88. The van der Waals surface area contributed by atoms with Crippen molar-refractivity contribution in [2.75, 3.05) is 0 Å². The van der Waals surface area contributed by atoms with Gasteiger partial charge >= 0.3 is 0 Å². The number of nitrogens with one attached hydrogen (secondary N) is 1. The van der Waals surface area contributed by atoms with Crippen LogP contribution in [0.2, 0.25) is 0 Å². The normalized spacial score (nSPS) is 17.4. The van der Waals surface area contributed by atoms with Crippen LogP contribution in [0.1, 0.15) is 30.9 Å². The first-order valence-corrected chi connectivity index (χ1v) is 7.77. The minimum Gasteiger partial charge on any atom is -0.389 e. The predicted molar refractivity (Wildman–Crippen MR) is 75.7 cm³/mol. The monoisotopic (exact) mass is 284 g/mol. The van der Waals surface area contributed by atoms with Gasteiger partial charge in [0, 0.05) is 11.1 Å². The summed E-state index contributed by atoms with van der Waals surface area (Å²) < 4.78 is 26.8. The molecule has 0 saturated heterocycles. The highest BCUT2D eigenvalue weighted by atomic mass is 32.2. The molecule has 1 aromatic rings. The Bertz CT molecular complexity index is 577. The third-order valence-electron chi connectivity index (χ3n) is 3.03. The summed E-state index contributed by atoms with van der Waals surface area (Å²) >= 11 is 4.92. The van der Waals surface area contributed by atoms with E-state index < -0.39 is 10.0 Å². The molecule has 0 heterocycles. The highest BCUT2D eigenvalue weighted by Gasteiger charge is 2.40. The number of benzene rings is 1. The standard InChI is InChI=1S/C12H16N2O2S2/c1-12(6-7-12)14-18(15,16)8-9-4-2-3-5-10(9)11(13)17/h2-5,14H,6-8H2,1H3,(H2,13,17). The minimum atomic E-state index is -3.35. The zero-order chi connectivity index (χ0) is 13.4. The number of nitrogens with two attached hydrogens (primary N) is 1. The van der Waals surface area contributed by atoms with Gasteiger partial charge < -0.3 is 5.73 Å². The molecular formula is C12H16N2O2S2. The van der Waals surface area contributed by atoms with Gasteiger partial charge in [0.25, 0.3) is 0 Å². The molecule has 98 valence electrons. The summed E-state index contributed by atoms with van der Waals surface area (Å²) in [5.74, 6) is -0.0872. The molecule has 3 N–H and O–H groups in total. The van der Waals surface area contributed by atoms with E-state index >= 15 is 0 Å². The van der Waals surface area contributed by atoms with E-state index in [1.807, 2.05) is 6.92 Å². The van der Waals surface area contributed by atoms with Gasteiger partial charge in [-0.25, -0.2) is 13.1 Å². The van der Waals surface area contributed by atoms with E-state index in [9.17, 15) is 8.42 Å². The number of hydrogen-bond acceptors (Lipinski definition) is 3. The van der Waals surface area contributed by atoms with Crippen LogP contribution in [0.25, 0.3) is 0 Å². The van der Waals surface area contributed by atoms with Crippen molar-refractivity contribution in [3.8, 4) is 0 Å². The molecule has 0 radical (unpaired) electrons. The van der Waals surface area contributed by atoms with E-state index in [0.717, 1.165) is 12.8 Å². The number of rotatable bonds is 5. The lowest BCUT2D eigenvalue weighted by molar-refractivity contribution is 0.557. The summed E-state index contributed by atoms with van der Waals surface area (Å²) in [5.41, 5.74) is 6.60. The summed E-state index contributed by atoms with van der Waals surface area (Å²) in [6.45, 7) is 1.91. The predicted octanol–water partition coefficient (Wildman–Crippen LogP) is 1.29. The van der Waals surface area contributed by atoms with E-state index in [1.54, 1.807) is 24.3 Å². The lowest BCUT2D eigenvalue weighted by Gasteiger charge is -2.13. The highest BCUT2D eigenvalue weighted by Crippen LogP contribution is 2.35. The fourth-order valence-electron chi connectivity index (χ4n) is 1.79. The van der Waals surface area contributed by atoms with Crippen molar-refractivity contribution < 1.29 is 8.42 Å². The summed E-state index contributed by atoms with van der Waals surface area (Å²) in [6.07, 6.45) is 1.78. The van der Waals surface area contributed by atoms with Crippen molar-refractivity contribution >= 4 is 27.2 Å². The summed E-state index contributed by atoms with van der Waals surface area (Å²) in [6, 6.07) is 7.06. The molecule has 1 aliphatic carbocycles. The average molecular weight is 284 g/mol. The Labute approximate surface area is 113 Å². The van der Waals surface area contributed by atoms with Gasteiger partial charge in [0.1, 0.15) is 4.99 Å². The molecule has 1 saturated carbocycles. The lowest BCUT2D eigenvalue weighted by atomic mass is 10.1. The second kappa shape index (κ2) is 4.60. The van der Waals surface area contributed by atoms with Gasteiger partial charge in [0.15, 0.2) is 0 Å². The van der Waals surface area contributed by atoms with E-state index in [2.05, 4.69) is 4.72 Å². The van der Waals surface area contributed by atoms with E-state index in [4.69, 9.17) is 18.0 Å². The van der Waals surface area contributed by atoms with Crippen molar-refractivity contribution in [2.24, 2.45) is 5.73 Å². The van der Waals surface area contributed by atoms with Gasteiger partial charge in [-0.2, -0.15) is 0 Å². The van der Waals surface area contributed by atoms with Crippen LogP contribution in [0.15, 0.2) is 24.3 Å². The maximum Gasteiger partial charge on any atom is 0.216 e. The molecular weight excluding hydrogens is 268 g/mol. The van der Waals surface area contributed by atoms with Crippen LogP contribution in [0.3, 0.4) is 0 Å². The third-order valence-corrected chi connectivity index (χ3v) is 4.75. The fraction of sp³-hybridized carbons (Fsp3) is 0.417. The van der Waals surface area contributed by atoms with E-state index in [-0.39, 0.29) is 16.3 Å². The van der Waals surface area contributed by atoms with E-state index in [0.29, 0.717) is 11.1 Å². The van der Waals surface area contributed by atoms with Crippen molar-refractivity contribution in [1.82, 2.24) is 4.72 Å². The van der Waals surface area contributed by atoms with Gasteiger partial charge in [-0.05, 0) is 25.3 Å². The molecule has 0 unspecified atom stereocenters. The number of sulfonamides is 1. The van der Waals surface area contributed by atoms with Crippen LogP contribution in [0, 0.1) is 0 Å².